The Morgan fingerprint density at radius 1 is 1.17 bits per heavy atom. The molecule has 0 aliphatic rings. The highest BCUT2D eigenvalue weighted by Crippen LogP contribution is 2.29. The van der Waals surface area contributed by atoms with Gasteiger partial charge in [-0.1, -0.05) is 0 Å². The molecule has 0 atom stereocenters. The third kappa shape index (κ3) is 2.18. The Morgan fingerprint density at radius 2 is 1.83 bits per heavy atom. The van der Waals surface area contributed by atoms with Crippen LogP contribution in [0.2, 0.25) is 0 Å². The number of hydrogen-bond donors (Lipinski definition) is 0. The lowest BCUT2D eigenvalue weighted by atomic mass is 10.0. The highest BCUT2D eigenvalue weighted by Gasteiger charge is 2.08. The molecule has 0 amide bonds. The maximum Gasteiger partial charge on any atom is 0.124 e. The molecule has 0 saturated carbocycles. The Balaban J connectivity index is 2.55. The molecule has 18 heavy (non-hydrogen) atoms. The van der Waals surface area contributed by atoms with E-state index in [9.17, 15) is 0 Å². The van der Waals surface area contributed by atoms with Gasteiger partial charge in [-0.05, 0) is 49.2 Å². The van der Waals surface area contributed by atoms with E-state index in [4.69, 9.17) is 10.00 Å². The van der Waals surface area contributed by atoms with Gasteiger partial charge in [0.2, 0.25) is 0 Å². The summed E-state index contributed by atoms with van der Waals surface area (Å²) in [4.78, 5) is 4.30. The van der Waals surface area contributed by atoms with Crippen molar-refractivity contribution >= 4 is 0 Å². The lowest BCUT2D eigenvalue weighted by Gasteiger charge is -2.11. The number of methoxy groups -OCH3 is 1. The molecular formula is C15H14N2O. The number of aryl methyl sites for hydroxylation is 2. The maximum atomic E-state index is 8.90. The molecule has 0 aliphatic carbocycles. The molecule has 0 saturated heterocycles. The van der Waals surface area contributed by atoms with E-state index < -0.39 is 0 Å². The van der Waals surface area contributed by atoms with Crippen molar-refractivity contribution in [2.24, 2.45) is 0 Å². The maximum absolute atomic E-state index is 8.90. The van der Waals surface area contributed by atoms with Crippen LogP contribution in [0.3, 0.4) is 0 Å². The van der Waals surface area contributed by atoms with Crippen molar-refractivity contribution < 1.29 is 4.74 Å². The molecule has 0 fully saturated rings. The van der Waals surface area contributed by atoms with E-state index in [2.05, 4.69) is 11.1 Å². The average molecular weight is 238 g/mol. The molecule has 0 unspecified atom stereocenters. The number of aromatic nitrogens is 1. The number of pyridine rings is 1. The van der Waals surface area contributed by atoms with Gasteiger partial charge in [0.15, 0.2) is 0 Å². The first-order valence-corrected chi connectivity index (χ1v) is 5.67. The van der Waals surface area contributed by atoms with Crippen molar-refractivity contribution in [1.82, 2.24) is 4.98 Å². The molecule has 0 aliphatic heterocycles. The van der Waals surface area contributed by atoms with Crippen LogP contribution in [0, 0.1) is 25.2 Å². The second-order valence-corrected chi connectivity index (χ2v) is 4.18. The number of nitriles is 1. The number of hydrogen-bond acceptors (Lipinski definition) is 3. The molecule has 1 heterocycles. The van der Waals surface area contributed by atoms with E-state index in [1.54, 1.807) is 25.4 Å². The van der Waals surface area contributed by atoms with Crippen LogP contribution in [-0.4, -0.2) is 12.1 Å². The number of nitrogens with zero attached hydrogens (tertiary/aromatic N) is 2. The van der Waals surface area contributed by atoms with Crippen molar-refractivity contribution in [2.75, 3.05) is 7.11 Å². The number of ether oxygens (including phenoxy) is 1. The van der Waals surface area contributed by atoms with E-state index in [-0.39, 0.29) is 0 Å². The largest absolute Gasteiger partial charge is 0.496 e. The van der Waals surface area contributed by atoms with Gasteiger partial charge in [-0.15, -0.1) is 0 Å². The highest BCUT2D eigenvalue weighted by atomic mass is 16.5. The van der Waals surface area contributed by atoms with Gasteiger partial charge in [-0.2, -0.15) is 5.26 Å². The fourth-order valence-corrected chi connectivity index (χ4v) is 2.08. The zero-order valence-electron chi connectivity index (χ0n) is 10.7. The van der Waals surface area contributed by atoms with Crippen LogP contribution in [0.25, 0.3) is 11.3 Å². The smallest absolute Gasteiger partial charge is 0.124 e. The predicted molar refractivity (Wildman–Crippen MR) is 70.4 cm³/mol. The van der Waals surface area contributed by atoms with Gasteiger partial charge in [0, 0.05) is 11.8 Å². The summed E-state index contributed by atoms with van der Waals surface area (Å²) in [7, 11) is 1.67. The molecule has 0 spiro atoms. The van der Waals surface area contributed by atoms with E-state index in [0.29, 0.717) is 5.56 Å². The van der Waals surface area contributed by atoms with Crippen molar-refractivity contribution in [3.8, 4) is 23.1 Å². The van der Waals surface area contributed by atoms with E-state index in [1.165, 1.54) is 0 Å². The Kier molecular flexibility index (Phi) is 3.29. The monoisotopic (exact) mass is 238 g/mol. The summed E-state index contributed by atoms with van der Waals surface area (Å²) in [5.74, 6) is 0.898. The van der Waals surface area contributed by atoms with Crippen LogP contribution < -0.4 is 4.74 Å². The molecule has 0 bridgehead atoms. The van der Waals surface area contributed by atoms with Crippen molar-refractivity contribution in [3.63, 3.8) is 0 Å². The second-order valence-electron chi connectivity index (χ2n) is 4.18. The van der Waals surface area contributed by atoms with Crippen LogP contribution >= 0.6 is 0 Å². The first-order chi connectivity index (χ1) is 8.65. The Bertz CT molecular complexity index is 604. The summed E-state index contributed by atoms with van der Waals surface area (Å²) in [5, 5.41) is 8.90. The Hall–Kier alpha value is -2.34. The molecule has 0 radical (unpaired) electrons. The van der Waals surface area contributed by atoms with Gasteiger partial charge in [0.1, 0.15) is 5.75 Å². The van der Waals surface area contributed by atoms with Crippen LogP contribution in [0.15, 0.2) is 30.5 Å². The lowest BCUT2D eigenvalue weighted by Crippen LogP contribution is -1.93. The third-order valence-electron chi connectivity index (χ3n) is 2.85. The minimum atomic E-state index is 0.617. The van der Waals surface area contributed by atoms with E-state index in [0.717, 1.165) is 28.1 Å². The van der Waals surface area contributed by atoms with Gasteiger partial charge in [0.25, 0.3) is 0 Å². The average Bonchev–Trinajstić information content (AvgIpc) is 2.38. The molecule has 2 rings (SSSR count). The van der Waals surface area contributed by atoms with Gasteiger partial charge in [0.05, 0.1) is 24.4 Å². The van der Waals surface area contributed by atoms with Crippen molar-refractivity contribution in [3.05, 3.63) is 47.2 Å². The molecule has 2 aromatic rings. The number of rotatable bonds is 2. The summed E-state index contributed by atoms with van der Waals surface area (Å²) < 4.78 is 5.34. The first-order valence-electron chi connectivity index (χ1n) is 5.67. The summed E-state index contributed by atoms with van der Waals surface area (Å²) in [6.07, 6.45) is 1.66. The van der Waals surface area contributed by atoms with Gasteiger partial charge in [-0.3, -0.25) is 4.98 Å². The zero-order chi connectivity index (χ0) is 13.1. The highest BCUT2D eigenvalue weighted by molar-refractivity contribution is 5.65. The van der Waals surface area contributed by atoms with Crippen LogP contribution in [0.1, 0.15) is 16.7 Å². The van der Waals surface area contributed by atoms with Crippen LogP contribution in [-0.2, 0) is 0 Å². The predicted octanol–water partition coefficient (Wildman–Crippen LogP) is 3.25. The summed E-state index contributed by atoms with van der Waals surface area (Å²) in [6, 6.07) is 9.66. The van der Waals surface area contributed by atoms with E-state index >= 15 is 0 Å². The molecule has 1 aromatic carbocycles. The molecule has 90 valence electrons. The van der Waals surface area contributed by atoms with Crippen molar-refractivity contribution in [2.45, 2.75) is 13.8 Å². The molecule has 1 aromatic heterocycles. The van der Waals surface area contributed by atoms with Gasteiger partial charge < -0.3 is 4.74 Å². The Morgan fingerprint density at radius 3 is 2.39 bits per heavy atom. The zero-order valence-corrected chi connectivity index (χ0v) is 10.7. The summed E-state index contributed by atoms with van der Waals surface area (Å²) in [6.45, 7) is 4.01. The molecule has 0 N–H and O–H groups in total. The topological polar surface area (TPSA) is 45.9 Å². The van der Waals surface area contributed by atoms with Crippen LogP contribution in [0.5, 0.6) is 5.75 Å². The van der Waals surface area contributed by atoms with Crippen molar-refractivity contribution in [1.29, 1.82) is 5.26 Å². The minimum absolute atomic E-state index is 0.617. The fraction of sp³-hybridized carbons (Fsp3) is 0.200. The lowest BCUT2D eigenvalue weighted by molar-refractivity contribution is 0.408. The van der Waals surface area contributed by atoms with Crippen LogP contribution in [0.4, 0.5) is 0 Å². The Labute approximate surface area is 107 Å². The fourth-order valence-electron chi connectivity index (χ4n) is 2.08. The molecular weight excluding hydrogens is 224 g/mol. The molecule has 3 nitrogen and oxygen atoms in total. The van der Waals surface area contributed by atoms with Gasteiger partial charge >= 0.3 is 0 Å². The quantitative estimate of drug-likeness (QED) is 0.806. The first kappa shape index (κ1) is 12.1. The van der Waals surface area contributed by atoms with E-state index in [1.807, 2.05) is 26.0 Å². The number of benzene rings is 1. The standard InChI is InChI=1S/C15H14N2O/c1-10-6-13(7-11(2)15(10)18-3)14-8-12(9-16)4-5-17-14/h4-8H,1-3H3. The normalized spacial score (nSPS) is 9.89. The summed E-state index contributed by atoms with van der Waals surface area (Å²) in [5.41, 5.74) is 4.56. The molecule has 3 heteroatoms. The minimum Gasteiger partial charge on any atom is -0.496 e. The summed E-state index contributed by atoms with van der Waals surface area (Å²) >= 11 is 0. The third-order valence-corrected chi connectivity index (χ3v) is 2.85. The van der Waals surface area contributed by atoms with Gasteiger partial charge in [-0.25, -0.2) is 0 Å². The SMILES string of the molecule is COc1c(C)cc(-c2cc(C#N)ccn2)cc1C. The second kappa shape index (κ2) is 4.89.